The maximum absolute atomic E-state index is 13.2. The Morgan fingerprint density at radius 3 is 2.56 bits per heavy atom. The summed E-state index contributed by atoms with van der Waals surface area (Å²) in [6.45, 7) is 2.05. The van der Waals surface area contributed by atoms with E-state index in [-0.39, 0.29) is 6.42 Å². The topological polar surface area (TPSA) is 61.1 Å². The van der Waals surface area contributed by atoms with Gasteiger partial charge in [-0.25, -0.2) is 9.36 Å². The summed E-state index contributed by atoms with van der Waals surface area (Å²) in [6, 6.07) is 0. The van der Waals surface area contributed by atoms with Gasteiger partial charge in [0.25, 0.3) is 5.56 Å². The molecule has 0 atom stereocenters. The summed E-state index contributed by atoms with van der Waals surface area (Å²) < 4.78 is 14.4. The number of hydrogen-bond donors (Lipinski definition) is 0. The van der Waals surface area contributed by atoms with Crippen molar-refractivity contribution in [1.82, 2.24) is 9.13 Å². The number of rotatable bonds is 5. The number of halogens is 1. The lowest BCUT2D eigenvalue weighted by atomic mass is 10.1. The van der Waals surface area contributed by atoms with E-state index in [2.05, 4.69) is 6.92 Å². The van der Waals surface area contributed by atoms with Crippen molar-refractivity contribution in [1.29, 1.82) is 0 Å². The molecule has 0 aliphatic heterocycles. The van der Waals surface area contributed by atoms with Gasteiger partial charge in [0, 0.05) is 13.5 Å². The number of unbranched alkanes of at least 4 members (excludes halogenated alkanes) is 3. The Hall–Kier alpha value is -1.72. The molecule has 0 radical (unpaired) electrons. The molecule has 1 aromatic heterocycles. The molecule has 1 heterocycles. The molecule has 0 aliphatic carbocycles. The largest absolute Gasteiger partial charge is 0.337 e. The molecule has 0 spiro atoms. The third kappa shape index (κ3) is 3.15. The molecule has 0 N–H and O–H groups in total. The number of hydrogen-bond acceptors (Lipinski definition) is 3. The number of carbonyl (C=O) groups is 1. The maximum atomic E-state index is 13.2. The number of carbonyl (C=O) groups excluding carboxylic acids is 1. The first kappa shape index (κ1) is 14.3. The van der Waals surface area contributed by atoms with Gasteiger partial charge in [-0.2, -0.15) is 4.39 Å². The van der Waals surface area contributed by atoms with E-state index in [9.17, 15) is 18.8 Å². The Morgan fingerprint density at radius 1 is 1.28 bits per heavy atom. The summed E-state index contributed by atoms with van der Waals surface area (Å²) in [7, 11) is 1.15. The van der Waals surface area contributed by atoms with E-state index in [0.717, 1.165) is 26.3 Å². The first-order valence-electron chi connectivity index (χ1n) is 6.00. The fraction of sp³-hybridized carbons (Fsp3) is 0.583. The quantitative estimate of drug-likeness (QED) is 0.746. The van der Waals surface area contributed by atoms with Gasteiger partial charge in [-0.05, 0) is 6.42 Å². The smallest absolute Gasteiger partial charge is 0.274 e. The Kier molecular flexibility index (Phi) is 5.00. The molecule has 0 amide bonds. The highest BCUT2D eigenvalue weighted by molar-refractivity contribution is 5.78. The zero-order valence-electron chi connectivity index (χ0n) is 10.6. The second kappa shape index (κ2) is 6.28. The second-order valence-electron chi connectivity index (χ2n) is 4.20. The standard InChI is InChI=1S/C12H17FN2O3/c1-3-4-5-6-7-10(16)15-8-9(13)11(17)14(2)12(15)18/h8H,3-7H2,1-2H3. The van der Waals surface area contributed by atoms with Gasteiger partial charge < -0.3 is 0 Å². The van der Waals surface area contributed by atoms with Crippen molar-refractivity contribution in [2.45, 2.75) is 39.0 Å². The molecule has 0 bridgehead atoms. The molecule has 18 heavy (non-hydrogen) atoms. The first-order chi connectivity index (χ1) is 8.49. The van der Waals surface area contributed by atoms with Crippen LogP contribution in [0.3, 0.4) is 0 Å². The van der Waals surface area contributed by atoms with Crippen molar-refractivity contribution in [3.63, 3.8) is 0 Å². The van der Waals surface area contributed by atoms with Gasteiger partial charge in [0.2, 0.25) is 11.7 Å². The van der Waals surface area contributed by atoms with Gasteiger partial charge in [0.15, 0.2) is 0 Å². The fourth-order valence-electron chi connectivity index (χ4n) is 1.63. The summed E-state index contributed by atoms with van der Waals surface area (Å²) in [6.07, 6.45) is 4.46. The Morgan fingerprint density at radius 2 is 1.94 bits per heavy atom. The highest BCUT2D eigenvalue weighted by Crippen LogP contribution is 2.03. The predicted octanol–water partition coefficient (Wildman–Crippen LogP) is 1.30. The lowest BCUT2D eigenvalue weighted by Gasteiger charge is -2.06. The minimum atomic E-state index is -1.10. The van der Waals surface area contributed by atoms with Crippen LogP contribution in [0, 0.1) is 5.82 Å². The van der Waals surface area contributed by atoms with Gasteiger partial charge in [0.1, 0.15) is 0 Å². The third-order valence-electron chi connectivity index (χ3n) is 2.76. The number of aromatic nitrogens is 2. The van der Waals surface area contributed by atoms with E-state index in [1.807, 2.05) is 0 Å². The molecule has 0 saturated heterocycles. The molecule has 0 saturated carbocycles. The highest BCUT2D eigenvalue weighted by atomic mass is 19.1. The fourth-order valence-corrected chi connectivity index (χ4v) is 1.63. The first-order valence-corrected chi connectivity index (χ1v) is 6.00. The van der Waals surface area contributed by atoms with Crippen LogP contribution in [0.2, 0.25) is 0 Å². The van der Waals surface area contributed by atoms with Crippen LogP contribution in [0.15, 0.2) is 15.8 Å². The number of nitrogens with zero attached hydrogens (tertiary/aromatic N) is 2. The average molecular weight is 256 g/mol. The van der Waals surface area contributed by atoms with Crippen LogP contribution in [-0.4, -0.2) is 15.0 Å². The zero-order valence-corrected chi connectivity index (χ0v) is 10.6. The van der Waals surface area contributed by atoms with Crippen LogP contribution in [0.25, 0.3) is 0 Å². The van der Waals surface area contributed by atoms with Gasteiger partial charge in [-0.15, -0.1) is 0 Å². The van der Waals surface area contributed by atoms with E-state index in [0.29, 0.717) is 21.8 Å². The van der Waals surface area contributed by atoms with E-state index >= 15 is 0 Å². The Bertz CT molecular complexity index is 545. The van der Waals surface area contributed by atoms with Crippen LogP contribution in [0.5, 0.6) is 0 Å². The molecule has 0 aromatic carbocycles. The molecule has 0 aliphatic rings. The summed E-state index contributed by atoms with van der Waals surface area (Å²) in [5.41, 5.74) is -1.82. The van der Waals surface area contributed by atoms with Crippen LogP contribution in [0.1, 0.15) is 43.8 Å². The third-order valence-corrected chi connectivity index (χ3v) is 2.76. The van der Waals surface area contributed by atoms with Crippen molar-refractivity contribution in [2.24, 2.45) is 7.05 Å². The molecule has 0 fully saturated rings. The van der Waals surface area contributed by atoms with E-state index < -0.39 is 23.0 Å². The molecule has 100 valence electrons. The molecule has 5 nitrogen and oxygen atoms in total. The van der Waals surface area contributed by atoms with Gasteiger partial charge >= 0.3 is 5.69 Å². The van der Waals surface area contributed by atoms with Crippen LogP contribution in [-0.2, 0) is 7.05 Å². The van der Waals surface area contributed by atoms with Crippen molar-refractivity contribution < 1.29 is 9.18 Å². The van der Waals surface area contributed by atoms with Crippen molar-refractivity contribution in [3.8, 4) is 0 Å². The van der Waals surface area contributed by atoms with Crippen molar-refractivity contribution >= 4 is 5.91 Å². The van der Waals surface area contributed by atoms with Gasteiger partial charge in [-0.1, -0.05) is 26.2 Å². The summed E-state index contributed by atoms with van der Waals surface area (Å²) >= 11 is 0. The van der Waals surface area contributed by atoms with Crippen molar-refractivity contribution in [3.05, 3.63) is 32.9 Å². The minimum Gasteiger partial charge on any atom is -0.274 e. The lowest BCUT2D eigenvalue weighted by molar-refractivity contribution is 0.0889. The Labute approximate surface area is 104 Å². The predicted molar refractivity (Wildman–Crippen MR) is 65.3 cm³/mol. The second-order valence-corrected chi connectivity index (χ2v) is 4.20. The van der Waals surface area contributed by atoms with Crippen molar-refractivity contribution in [2.75, 3.05) is 0 Å². The normalized spacial score (nSPS) is 10.6. The van der Waals surface area contributed by atoms with Crippen LogP contribution in [0.4, 0.5) is 4.39 Å². The average Bonchev–Trinajstić information content (AvgIpc) is 2.36. The molecular weight excluding hydrogens is 239 g/mol. The molecular formula is C12H17FN2O3. The monoisotopic (exact) mass is 256 g/mol. The molecule has 0 unspecified atom stereocenters. The lowest BCUT2D eigenvalue weighted by Crippen LogP contribution is -2.41. The van der Waals surface area contributed by atoms with Crippen LogP contribution >= 0.6 is 0 Å². The molecule has 6 heteroatoms. The molecule has 1 aromatic rings. The summed E-state index contributed by atoms with van der Waals surface area (Å²) in [5.74, 6) is -1.58. The Balaban J connectivity index is 2.87. The van der Waals surface area contributed by atoms with E-state index in [1.165, 1.54) is 0 Å². The van der Waals surface area contributed by atoms with Crippen LogP contribution < -0.4 is 11.2 Å². The maximum Gasteiger partial charge on any atom is 0.337 e. The summed E-state index contributed by atoms with van der Waals surface area (Å²) in [5, 5.41) is 0. The minimum absolute atomic E-state index is 0.178. The van der Waals surface area contributed by atoms with E-state index in [4.69, 9.17) is 0 Å². The highest BCUT2D eigenvalue weighted by Gasteiger charge is 2.13. The van der Waals surface area contributed by atoms with Gasteiger partial charge in [0.05, 0.1) is 6.20 Å². The molecule has 1 rings (SSSR count). The zero-order chi connectivity index (χ0) is 13.7. The van der Waals surface area contributed by atoms with Gasteiger partial charge in [-0.3, -0.25) is 14.2 Å². The summed E-state index contributed by atoms with van der Waals surface area (Å²) in [4.78, 5) is 34.5. The van der Waals surface area contributed by atoms with E-state index in [1.54, 1.807) is 0 Å². The SMILES string of the molecule is CCCCCCC(=O)n1cc(F)c(=O)n(C)c1=O.